The molecule has 1 N–H and O–H groups in total. The molecular formula is C8H9BrN2O2S2. The lowest BCUT2D eigenvalue weighted by Crippen LogP contribution is -2.41. The normalized spacial score (nSPS) is 12.4. The largest absolute Gasteiger partial charge is 0.251 e. The van der Waals surface area contributed by atoms with Crippen molar-refractivity contribution in [2.45, 2.75) is 23.6 Å². The topological polar surface area (TPSA) is 70.0 Å². The first-order valence-electron chi connectivity index (χ1n) is 3.97. The van der Waals surface area contributed by atoms with E-state index < -0.39 is 15.6 Å². The zero-order chi connectivity index (χ0) is 11.7. The molecule has 0 atom stereocenters. The third-order valence-corrected chi connectivity index (χ3v) is 5.25. The van der Waals surface area contributed by atoms with Crippen LogP contribution in [0.3, 0.4) is 0 Å². The minimum Gasteiger partial charge on any atom is -0.206 e. The van der Waals surface area contributed by atoms with Gasteiger partial charge in [0.15, 0.2) is 0 Å². The summed E-state index contributed by atoms with van der Waals surface area (Å²) in [5.74, 6) is 0. The first-order chi connectivity index (χ1) is 6.77. The highest BCUT2D eigenvalue weighted by Crippen LogP contribution is 2.26. The molecule has 0 saturated carbocycles. The van der Waals surface area contributed by atoms with Gasteiger partial charge in [-0.25, -0.2) is 8.42 Å². The minimum absolute atomic E-state index is 0.192. The van der Waals surface area contributed by atoms with Crippen LogP contribution >= 0.6 is 27.3 Å². The van der Waals surface area contributed by atoms with E-state index in [4.69, 9.17) is 5.26 Å². The summed E-state index contributed by atoms with van der Waals surface area (Å²) in [6, 6.07) is 5.02. The van der Waals surface area contributed by atoms with Crippen molar-refractivity contribution in [1.29, 1.82) is 5.26 Å². The second-order valence-corrected chi connectivity index (χ2v) is 7.77. The van der Waals surface area contributed by atoms with Gasteiger partial charge in [0.1, 0.15) is 9.75 Å². The predicted octanol–water partition coefficient (Wildman–Crippen LogP) is 2.09. The van der Waals surface area contributed by atoms with E-state index in [0.29, 0.717) is 0 Å². The van der Waals surface area contributed by atoms with Crippen LogP contribution in [0.2, 0.25) is 0 Å². The van der Waals surface area contributed by atoms with Crippen LogP contribution in [0.5, 0.6) is 0 Å². The molecule has 0 aliphatic carbocycles. The van der Waals surface area contributed by atoms with Crippen molar-refractivity contribution in [3.8, 4) is 6.07 Å². The van der Waals surface area contributed by atoms with Gasteiger partial charge in [-0.2, -0.15) is 9.98 Å². The van der Waals surface area contributed by atoms with Crippen molar-refractivity contribution in [3.05, 3.63) is 15.9 Å². The smallest absolute Gasteiger partial charge is 0.206 e. The van der Waals surface area contributed by atoms with Gasteiger partial charge in [-0.15, -0.1) is 11.3 Å². The number of hydrogen-bond donors (Lipinski definition) is 1. The molecule has 1 rings (SSSR count). The standard InChI is InChI=1S/C8H9BrN2O2S2/c1-8(2,5-10)11-15(12,13)7-4-3-6(9)14-7/h3-4,11H,1-2H3. The third kappa shape index (κ3) is 3.28. The molecule has 0 spiro atoms. The molecule has 0 fully saturated rings. The van der Waals surface area contributed by atoms with Gasteiger partial charge in [-0.3, -0.25) is 0 Å². The van der Waals surface area contributed by atoms with E-state index in [0.717, 1.165) is 15.1 Å². The van der Waals surface area contributed by atoms with Gasteiger partial charge in [0.2, 0.25) is 0 Å². The fourth-order valence-corrected chi connectivity index (χ4v) is 4.19. The number of hydrogen-bond acceptors (Lipinski definition) is 4. The highest BCUT2D eigenvalue weighted by Gasteiger charge is 2.26. The number of rotatable bonds is 3. The molecule has 82 valence electrons. The Balaban J connectivity index is 3.01. The summed E-state index contributed by atoms with van der Waals surface area (Å²) < 4.78 is 26.7. The lowest BCUT2D eigenvalue weighted by Gasteiger charge is -2.16. The summed E-state index contributed by atoms with van der Waals surface area (Å²) in [5.41, 5.74) is -1.10. The average Bonchev–Trinajstić information content (AvgIpc) is 2.51. The number of halogens is 1. The molecule has 0 saturated heterocycles. The molecule has 15 heavy (non-hydrogen) atoms. The highest BCUT2D eigenvalue weighted by atomic mass is 79.9. The average molecular weight is 309 g/mol. The number of nitriles is 1. The Kier molecular flexibility index (Phi) is 3.55. The van der Waals surface area contributed by atoms with Crippen molar-refractivity contribution in [1.82, 2.24) is 4.72 Å². The van der Waals surface area contributed by atoms with Crippen LogP contribution in [0.25, 0.3) is 0 Å². The Hall–Kier alpha value is -0.420. The van der Waals surface area contributed by atoms with Gasteiger partial charge in [0.25, 0.3) is 10.0 Å². The quantitative estimate of drug-likeness (QED) is 0.929. The number of thiophene rings is 1. The van der Waals surface area contributed by atoms with Crippen molar-refractivity contribution in [2.24, 2.45) is 0 Å². The third-order valence-electron chi connectivity index (χ3n) is 1.48. The van der Waals surface area contributed by atoms with Gasteiger partial charge < -0.3 is 0 Å². The van der Waals surface area contributed by atoms with Crippen molar-refractivity contribution < 1.29 is 8.42 Å². The van der Waals surface area contributed by atoms with Gasteiger partial charge in [0, 0.05) is 0 Å². The molecule has 0 aromatic carbocycles. The minimum atomic E-state index is -3.59. The van der Waals surface area contributed by atoms with Crippen LogP contribution in [0.15, 0.2) is 20.1 Å². The molecule has 0 unspecified atom stereocenters. The van der Waals surface area contributed by atoms with E-state index in [1.54, 1.807) is 6.07 Å². The maximum absolute atomic E-state index is 11.7. The fraction of sp³-hybridized carbons (Fsp3) is 0.375. The molecule has 4 nitrogen and oxygen atoms in total. The monoisotopic (exact) mass is 308 g/mol. The van der Waals surface area contributed by atoms with E-state index >= 15 is 0 Å². The zero-order valence-electron chi connectivity index (χ0n) is 8.11. The van der Waals surface area contributed by atoms with Crippen molar-refractivity contribution in [2.75, 3.05) is 0 Å². The zero-order valence-corrected chi connectivity index (χ0v) is 11.3. The van der Waals surface area contributed by atoms with Crippen molar-refractivity contribution >= 4 is 37.3 Å². The Morgan fingerprint density at radius 3 is 2.53 bits per heavy atom. The second kappa shape index (κ2) is 4.22. The van der Waals surface area contributed by atoms with Crippen LogP contribution in [-0.4, -0.2) is 14.0 Å². The molecule has 0 aliphatic rings. The van der Waals surface area contributed by atoms with Crippen LogP contribution in [0.4, 0.5) is 0 Å². The van der Waals surface area contributed by atoms with Gasteiger partial charge in [-0.1, -0.05) is 0 Å². The SMILES string of the molecule is CC(C)(C#N)NS(=O)(=O)c1ccc(Br)s1. The highest BCUT2D eigenvalue weighted by molar-refractivity contribution is 9.11. The Labute approximate surface area is 101 Å². The van der Waals surface area contributed by atoms with Crippen LogP contribution < -0.4 is 4.72 Å². The van der Waals surface area contributed by atoms with E-state index in [1.807, 2.05) is 6.07 Å². The molecule has 0 radical (unpaired) electrons. The number of sulfonamides is 1. The van der Waals surface area contributed by atoms with E-state index in [9.17, 15) is 8.42 Å². The van der Waals surface area contributed by atoms with Crippen LogP contribution in [-0.2, 0) is 10.0 Å². The summed E-state index contributed by atoms with van der Waals surface area (Å²) in [5, 5.41) is 8.73. The molecule has 1 aromatic heterocycles. The van der Waals surface area contributed by atoms with E-state index in [2.05, 4.69) is 20.7 Å². The predicted molar refractivity (Wildman–Crippen MR) is 62.0 cm³/mol. The molecule has 7 heteroatoms. The maximum Gasteiger partial charge on any atom is 0.251 e. The molecule has 0 amide bonds. The Morgan fingerprint density at radius 1 is 1.53 bits per heavy atom. The first-order valence-corrected chi connectivity index (χ1v) is 7.07. The van der Waals surface area contributed by atoms with E-state index in [-0.39, 0.29) is 4.21 Å². The first kappa shape index (κ1) is 12.6. The molecule has 0 bridgehead atoms. The molecule has 1 heterocycles. The summed E-state index contributed by atoms with van der Waals surface area (Å²) in [4.78, 5) is 0. The number of nitrogens with one attached hydrogen (secondary N) is 1. The lowest BCUT2D eigenvalue weighted by molar-refractivity contribution is 0.537. The lowest BCUT2D eigenvalue weighted by atomic mass is 10.1. The molecule has 0 aliphatic heterocycles. The van der Waals surface area contributed by atoms with Crippen LogP contribution in [0.1, 0.15) is 13.8 Å². The van der Waals surface area contributed by atoms with Crippen LogP contribution in [0, 0.1) is 11.3 Å². The van der Waals surface area contributed by atoms with E-state index in [1.165, 1.54) is 19.9 Å². The summed E-state index contributed by atoms with van der Waals surface area (Å²) in [6.45, 7) is 3.01. The molecule has 1 aromatic rings. The van der Waals surface area contributed by atoms with Gasteiger partial charge in [0.05, 0.1) is 9.86 Å². The number of nitrogens with zero attached hydrogens (tertiary/aromatic N) is 1. The summed E-state index contributed by atoms with van der Waals surface area (Å²) in [7, 11) is -3.59. The summed E-state index contributed by atoms with van der Waals surface area (Å²) >= 11 is 4.29. The summed E-state index contributed by atoms with van der Waals surface area (Å²) in [6.07, 6.45) is 0. The second-order valence-electron chi connectivity index (χ2n) is 3.40. The maximum atomic E-state index is 11.7. The Morgan fingerprint density at radius 2 is 2.13 bits per heavy atom. The molecular weight excluding hydrogens is 300 g/mol. The Bertz CT molecular complexity index is 499. The van der Waals surface area contributed by atoms with Crippen molar-refractivity contribution in [3.63, 3.8) is 0 Å². The van der Waals surface area contributed by atoms with Gasteiger partial charge in [-0.05, 0) is 41.9 Å². The van der Waals surface area contributed by atoms with Gasteiger partial charge >= 0.3 is 0 Å². The fourth-order valence-electron chi connectivity index (χ4n) is 0.851.